The fraction of sp³-hybridized carbons (Fsp3) is 0.200. The van der Waals surface area contributed by atoms with Gasteiger partial charge in [0.2, 0.25) is 5.91 Å². The number of hydrogen-bond donors (Lipinski definition) is 1. The summed E-state index contributed by atoms with van der Waals surface area (Å²) in [5.41, 5.74) is 3.62. The molecule has 5 heteroatoms. The van der Waals surface area contributed by atoms with E-state index in [0.29, 0.717) is 10.4 Å². The molecule has 1 amide bonds. The molecule has 0 aromatic carbocycles. The molecule has 1 radical (unpaired) electrons. The average Bonchev–Trinajstić information content (AvgIpc) is 2.13. The molecule has 0 aliphatic carbocycles. The van der Waals surface area contributed by atoms with Gasteiger partial charge in [-0.2, -0.15) is 0 Å². The Balaban J connectivity index is 2.52. The normalized spacial score (nSPS) is 15.4. The van der Waals surface area contributed by atoms with Crippen LogP contribution in [0.15, 0.2) is 15.8 Å². The summed E-state index contributed by atoms with van der Waals surface area (Å²) < 4.78 is 0.622. The third-order valence-corrected chi connectivity index (χ3v) is 1.20. The van der Waals surface area contributed by atoms with Gasteiger partial charge in [-0.1, -0.05) is 0 Å². The van der Waals surface area contributed by atoms with Crippen LogP contribution in [-0.2, 0) is 4.79 Å². The predicted octanol–water partition coefficient (Wildman–Crippen LogP) is 0.290. The van der Waals surface area contributed by atoms with Gasteiger partial charge in [0.05, 0.1) is 0 Å². The molecule has 0 unspecified atom stereocenters. The Labute approximate surface area is 66.5 Å². The van der Waals surface area contributed by atoms with E-state index in [2.05, 4.69) is 31.8 Å². The summed E-state index contributed by atoms with van der Waals surface area (Å²) in [6.07, 6.45) is 1.63. The third-order valence-electron chi connectivity index (χ3n) is 0.813. The summed E-state index contributed by atoms with van der Waals surface area (Å²) >= 11 is 3.10. The molecule has 4 nitrogen and oxygen atoms in total. The number of rotatable bonds is 0. The first-order valence-corrected chi connectivity index (χ1v) is 3.41. The molecule has 0 spiro atoms. The van der Waals surface area contributed by atoms with Gasteiger partial charge in [0, 0.05) is 13.0 Å². The summed E-state index contributed by atoms with van der Waals surface area (Å²) in [4.78, 5) is 10.4. The van der Waals surface area contributed by atoms with Crippen LogP contribution in [0.4, 0.5) is 0 Å². The maximum atomic E-state index is 10.4. The van der Waals surface area contributed by atoms with Gasteiger partial charge >= 0.3 is 0 Å². The molecule has 0 saturated heterocycles. The topological polar surface area (TPSA) is 55.6 Å². The van der Waals surface area contributed by atoms with Gasteiger partial charge in [-0.15, -0.1) is 10.5 Å². The lowest BCUT2D eigenvalue weighted by Crippen LogP contribution is -2.25. The van der Waals surface area contributed by atoms with Crippen LogP contribution >= 0.6 is 15.9 Å². The highest BCUT2D eigenvalue weighted by Gasteiger charge is 2.06. The van der Waals surface area contributed by atoms with Crippen LogP contribution < -0.4 is 10.7 Å². The van der Waals surface area contributed by atoms with Crippen molar-refractivity contribution in [1.82, 2.24) is 10.7 Å². The number of nitrogens with zero attached hydrogens (tertiary/aromatic N) is 2. The second-order valence-corrected chi connectivity index (χ2v) is 2.55. The lowest BCUT2D eigenvalue weighted by atomic mass is 10.5. The molecule has 0 fully saturated rings. The summed E-state index contributed by atoms with van der Waals surface area (Å²) in [6, 6.07) is 0. The third kappa shape index (κ3) is 1.84. The molecule has 1 aliphatic rings. The predicted molar refractivity (Wildman–Crippen MR) is 40.4 cm³/mol. The quantitative estimate of drug-likeness (QED) is 0.565. The van der Waals surface area contributed by atoms with Crippen molar-refractivity contribution in [3.63, 3.8) is 0 Å². The van der Waals surface area contributed by atoms with Crippen molar-refractivity contribution in [2.45, 2.75) is 6.92 Å². The van der Waals surface area contributed by atoms with Crippen LogP contribution in [0.3, 0.4) is 0 Å². The summed E-state index contributed by atoms with van der Waals surface area (Å²) in [7, 11) is 0. The Morgan fingerprint density at radius 3 is 2.90 bits per heavy atom. The largest absolute Gasteiger partial charge is 0.309 e. The number of amides is 1. The second kappa shape index (κ2) is 2.83. The van der Waals surface area contributed by atoms with Crippen molar-refractivity contribution in [1.29, 1.82) is 0 Å². The fourth-order valence-corrected chi connectivity index (χ4v) is 0.810. The van der Waals surface area contributed by atoms with E-state index in [0.717, 1.165) is 0 Å². The Kier molecular flexibility index (Phi) is 2.06. The standard InChI is InChI=1S/C5H5BrN3O/c1-3(10)7-5-2-4(6)8-9-5/h2H,1H3,(H,7,9,10). The van der Waals surface area contributed by atoms with Crippen LogP contribution in [-0.4, -0.2) is 11.7 Å². The summed E-state index contributed by atoms with van der Waals surface area (Å²) in [5, 5.41) is 6.11. The maximum Gasteiger partial charge on any atom is 0.222 e. The molecule has 10 heavy (non-hydrogen) atoms. The first-order valence-electron chi connectivity index (χ1n) is 2.62. The van der Waals surface area contributed by atoms with Crippen molar-refractivity contribution in [3.05, 3.63) is 10.7 Å². The first-order chi connectivity index (χ1) is 4.68. The number of halogens is 1. The summed E-state index contributed by atoms with van der Waals surface area (Å²) in [6.45, 7) is 1.42. The van der Waals surface area contributed by atoms with Crippen LogP contribution in [0.2, 0.25) is 0 Å². The highest BCUT2D eigenvalue weighted by atomic mass is 79.9. The lowest BCUT2D eigenvalue weighted by Gasteiger charge is -1.92. The molecular formula is C5H5BrN3O. The number of carbonyl (C=O) groups excluding carboxylic acids is 1. The molecule has 0 bridgehead atoms. The zero-order chi connectivity index (χ0) is 7.56. The molecule has 0 aromatic rings. The SMILES string of the molecule is CC(=O)NC1=N[N]C(Br)=C1. The van der Waals surface area contributed by atoms with E-state index in [1.165, 1.54) is 6.92 Å². The minimum Gasteiger partial charge on any atom is -0.309 e. The van der Waals surface area contributed by atoms with Crippen molar-refractivity contribution in [2.24, 2.45) is 5.10 Å². The van der Waals surface area contributed by atoms with Gasteiger partial charge in [0.25, 0.3) is 0 Å². The van der Waals surface area contributed by atoms with Gasteiger partial charge in [-0.05, 0) is 15.9 Å². The van der Waals surface area contributed by atoms with Crippen molar-refractivity contribution in [2.75, 3.05) is 0 Å². The van der Waals surface area contributed by atoms with E-state index in [-0.39, 0.29) is 5.91 Å². The van der Waals surface area contributed by atoms with Crippen LogP contribution in [0.1, 0.15) is 6.92 Å². The van der Waals surface area contributed by atoms with E-state index < -0.39 is 0 Å². The van der Waals surface area contributed by atoms with E-state index >= 15 is 0 Å². The van der Waals surface area contributed by atoms with Crippen LogP contribution in [0, 0.1) is 0 Å². The first kappa shape index (κ1) is 7.27. The smallest absolute Gasteiger partial charge is 0.222 e. The van der Waals surface area contributed by atoms with Gasteiger partial charge in [0.1, 0.15) is 4.61 Å². The minimum absolute atomic E-state index is 0.146. The Bertz CT molecular complexity index is 221. The molecule has 1 rings (SSSR count). The highest BCUT2D eigenvalue weighted by Crippen LogP contribution is 2.06. The molecule has 53 valence electrons. The molecule has 1 aliphatic heterocycles. The Morgan fingerprint density at radius 2 is 2.50 bits per heavy atom. The van der Waals surface area contributed by atoms with Crippen LogP contribution in [0.5, 0.6) is 0 Å². The Hall–Kier alpha value is -0.840. The number of hydrogen-bond acceptors (Lipinski definition) is 2. The monoisotopic (exact) mass is 202 g/mol. The minimum atomic E-state index is -0.146. The van der Waals surface area contributed by atoms with E-state index in [9.17, 15) is 4.79 Å². The number of nitrogens with one attached hydrogen (secondary N) is 1. The molecule has 1 heterocycles. The molecule has 0 aromatic heterocycles. The van der Waals surface area contributed by atoms with Gasteiger partial charge < -0.3 is 5.32 Å². The average molecular weight is 203 g/mol. The maximum absolute atomic E-state index is 10.4. The molecule has 0 atom stereocenters. The highest BCUT2D eigenvalue weighted by molar-refractivity contribution is 9.11. The molecule has 1 N–H and O–H groups in total. The fourth-order valence-electron chi connectivity index (χ4n) is 0.514. The Morgan fingerprint density at radius 1 is 1.80 bits per heavy atom. The zero-order valence-corrected chi connectivity index (χ0v) is 6.84. The van der Waals surface area contributed by atoms with Gasteiger partial charge in [0.15, 0.2) is 5.84 Å². The van der Waals surface area contributed by atoms with Gasteiger partial charge in [-0.3, -0.25) is 4.79 Å². The second-order valence-electron chi connectivity index (χ2n) is 1.73. The molecule has 0 saturated carbocycles. The summed E-state index contributed by atoms with van der Waals surface area (Å²) in [5.74, 6) is 0.326. The van der Waals surface area contributed by atoms with Crippen molar-refractivity contribution < 1.29 is 4.79 Å². The van der Waals surface area contributed by atoms with Crippen molar-refractivity contribution >= 4 is 27.7 Å². The van der Waals surface area contributed by atoms with E-state index in [1.807, 2.05) is 0 Å². The van der Waals surface area contributed by atoms with Crippen molar-refractivity contribution in [3.8, 4) is 0 Å². The zero-order valence-electron chi connectivity index (χ0n) is 5.26. The van der Waals surface area contributed by atoms with E-state index in [1.54, 1.807) is 6.08 Å². The number of amidine groups is 1. The number of carbonyl (C=O) groups is 1. The molecular weight excluding hydrogens is 198 g/mol. The van der Waals surface area contributed by atoms with Crippen LogP contribution in [0.25, 0.3) is 0 Å². The lowest BCUT2D eigenvalue weighted by molar-refractivity contribution is -0.117. The van der Waals surface area contributed by atoms with Gasteiger partial charge in [-0.25, -0.2) is 0 Å². The van der Waals surface area contributed by atoms with E-state index in [4.69, 9.17) is 0 Å².